The van der Waals surface area contributed by atoms with Crippen molar-refractivity contribution in [2.75, 3.05) is 11.3 Å². The van der Waals surface area contributed by atoms with Crippen LogP contribution in [0.5, 0.6) is 0 Å². The molecule has 0 unspecified atom stereocenters. The summed E-state index contributed by atoms with van der Waals surface area (Å²) in [6.45, 7) is 0.972. The number of carbonyl (C=O) groups is 1. The molecule has 3 heterocycles. The number of hydrogen-bond acceptors (Lipinski definition) is 5. The van der Waals surface area contributed by atoms with Gasteiger partial charge in [0.15, 0.2) is 5.76 Å². The van der Waals surface area contributed by atoms with Gasteiger partial charge in [-0.05, 0) is 53.9 Å². The number of pyridine rings is 1. The molecule has 1 aliphatic heterocycles. The number of fused-ring (bicyclic) bond motifs is 2. The van der Waals surface area contributed by atoms with Crippen LogP contribution < -0.4 is 4.72 Å². The first kappa shape index (κ1) is 19.3. The van der Waals surface area contributed by atoms with Crippen LogP contribution >= 0.6 is 0 Å². The second kappa shape index (κ2) is 7.55. The van der Waals surface area contributed by atoms with Gasteiger partial charge in [-0.3, -0.25) is 14.5 Å². The molecule has 0 saturated heterocycles. The molecule has 2 aromatic heterocycles. The molecule has 0 fully saturated rings. The number of para-hydroxylation sites is 1. The topological polar surface area (TPSA) is 92.5 Å². The van der Waals surface area contributed by atoms with Crippen LogP contribution in [-0.2, 0) is 23.0 Å². The van der Waals surface area contributed by atoms with Crippen molar-refractivity contribution in [2.45, 2.75) is 17.9 Å². The fourth-order valence-electron chi connectivity index (χ4n) is 3.85. The van der Waals surface area contributed by atoms with Crippen LogP contribution in [0.15, 0.2) is 82.4 Å². The van der Waals surface area contributed by atoms with Crippen molar-refractivity contribution in [3.05, 3.63) is 90.0 Å². The van der Waals surface area contributed by atoms with Gasteiger partial charge >= 0.3 is 0 Å². The largest absolute Gasteiger partial charge is 0.459 e. The Bertz CT molecular complexity index is 1380. The summed E-state index contributed by atoms with van der Waals surface area (Å²) in [6.07, 6.45) is 3.74. The number of amides is 1. The highest BCUT2D eigenvalue weighted by Crippen LogP contribution is 2.27. The molecule has 0 spiro atoms. The molecule has 1 N–H and O–H groups in total. The normalized spacial score (nSPS) is 13.7. The molecule has 0 atom stereocenters. The summed E-state index contributed by atoms with van der Waals surface area (Å²) in [5.74, 6) is 0.118. The Labute approximate surface area is 179 Å². The SMILES string of the molecule is O=C(c1ccco1)N1CCc2ccc(NS(=O)(=O)c3cccc4cccnc34)cc2C1. The zero-order valence-corrected chi connectivity index (χ0v) is 17.3. The van der Waals surface area contributed by atoms with Crippen molar-refractivity contribution in [3.63, 3.8) is 0 Å². The van der Waals surface area contributed by atoms with Gasteiger partial charge in [0.1, 0.15) is 4.90 Å². The summed E-state index contributed by atoms with van der Waals surface area (Å²) < 4.78 is 34.0. The molecule has 8 heteroatoms. The quantitative estimate of drug-likeness (QED) is 0.528. The molecular formula is C23H19N3O4S. The van der Waals surface area contributed by atoms with E-state index in [1.807, 2.05) is 18.2 Å². The molecule has 0 saturated carbocycles. The Morgan fingerprint density at radius 2 is 1.90 bits per heavy atom. The Kier molecular flexibility index (Phi) is 4.71. The molecule has 5 rings (SSSR count). The molecule has 1 amide bonds. The molecule has 4 aromatic rings. The van der Waals surface area contributed by atoms with Crippen molar-refractivity contribution in [1.29, 1.82) is 0 Å². The number of nitrogens with one attached hydrogen (secondary N) is 1. The van der Waals surface area contributed by atoms with E-state index in [4.69, 9.17) is 4.42 Å². The number of nitrogens with zero attached hydrogens (tertiary/aromatic N) is 2. The zero-order valence-electron chi connectivity index (χ0n) is 16.5. The summed E-state index contributed by atoms with van der Waals surface area (Å²) in [5.41, 5.74) is 2.87. The first-order valence-electron chi connectivity index (χ1n) is 9.82. The van der Waals surface area contributed by atoms with E-state index in [9.17, 15) is 13.2 Å². The van der Waals surface area contributed by atoms with Crippen LogP contribution in [0.2, 0.25) is 0 Å². The van der Waals surface area contributed by atoms with Gasteiger partial charge in [0.25, 0.3) is 15.9 Å². The fourth-order valence-corrected chi connectivity index (χ4v) is 5.08. The fraction of sp³-hybridized carbons (Fsp3) is 0.130. The number of aromatic nitrogens is 1. The number of carbonyl (C=O) groups excluding carboxylic acids is 1. The second-order valence-electron chi connectivity index (χ2n) is 7.37. The minimum absolute atomic E-state index is 0.123. The van der Waals surface area contributed by atoms with E-state index in [1.165, 1.54) is 6.26 Å². The number of hydrogen-bond donors (Lipinski definition) is 1. The first-order chi connectivity index (χ1) is 15.0. The van der Waals surface area contributed by atoms with Crippen molar-refractivity contribution < 1.29 is 17.6 Å². The summed E-state index contributed by atoms with van der Waals surface area (Å²) in [7, 11) is -3.84. The van der Waals surface area contributed by atoms with Crippen LogP contribution in [0.4, 0.5) is 5.69 Å². The molecule has 0 radical (unpaired) electrons. The van der Waals surface area contributed by atoms with Crippen molar-refractivity contribution in [1.82, 2.24) is 9.88 Å². The Morgan fingerprint density at radius 3 is 2.74 bits per heavy atom. The smallest absolute Gasteiger partial charge is 0.289 e. The van der Waals surface area contributed by atoms with E-state index in [2.05, 4.69) is 9.71 Å². The average molecular weight is 433 g/mol. The molecule has 0 aliphatic carbocycles. The second-order valence-corrected chi connectivity index (χ2v) is 9.03. The molecule has 2 aromatic carbocycles. The summed E-state index contributed by atoms with van der Waals surface area (Å²) in [4.78, 5) is 18.7. The van der Waals surface area contributed by atoms with E-state index >= 15 is 0 Å². The van der Waals surface area contributed by atoms with Gasteiger partial charge < -0.3 is 9.32 Å². The first-order valence-corrected chi connectivity index (χ1v) is 11.3. The molecule has 0 bridgehead atoms. The molecule has 156 valence electrons. The van der Waals surface area contributed by atoms with E-state index in [1.54, 1.807) is 53.6 Å². The molecule has 1 aliphatic rings. The van der Waals surface area contributed by atoms with Crippen LogP contribution in [0.3, 0.4) is 0 Å². The van der Waals surface area contributed by atoms with E-state index < -0.39 is 10.0 Å². The van der Waals surface area contributed by atoms with Crippen molar-refractivity contribution in [3.8, 4) is 0 Å². The molecule has 31 heavy (non-hydrogen) atoms. The minimum Gasteiger partial charge on any atom is -0.459 e. The van der Waals surface area contributed by atoms with Gasteiger partial charge in [-0.25, -0.2) is 8.42 Å². The van der Waals surface area contributed by atoms with Crippen LogP contribution in [-0.4, -0.2) is 30.8 Å². The third-order valence-electron chi connectivity index (χ3n) is 5.38. The van der Waals surface area contributed by atoms with Crippen LogP contribution in [0, 0.1) is 0 Å². The number of rotatable bonds is 4. The molecular weight excluding hydrogens is 414 g/mol. The lowest BCUT2D eigenvalue weighted by molar-refractivity contribution is 0.0702. The van der Waals surface area contributed by atoms with Gasteiger partial charge in [0.2, 0.25) is 0 Å². The van der Waals surface area contributed by atoms with Crippen molar-refractivity contribution in [2.24, 2.45) is 0 Å². The summed E-state index contributed by atoms with van der Waals surface area (Å²) >= 11 is 0. The van der Waals surface area contributed by atoms with Crippen LogP contribution in [0.1, 0.15) is 21.7 Å². The Hall–Kier alpha value is -3.65. The summed E-state index contributed by atoms with van der Waals surface area (Å²) in [6, 6.07) is 17.4. The zero-order chi connectivity index (χ0) is 21.4. The highest BCUT2D eigenvalue weighted by atomic mass is 32.2. The monoisotopic (exact) mass is 433 g/mol. The lowest BCUT2D eigenvalue weighted by atomic mass is 9.99. The van der Waals surface area contributed by atoms with E-state index in [-0.39, 0.29) is 10.8 Å². The number of sulfonamides is 1. The van der Waals surface area contributed by atoms with Gasteiger partial charge in [0, 0.05) is 30.4 Å². The third kappa shape index (κ3) is 3.66. The molecule has 7 nitrogen and oxygen atoms in total. The van der Waals surface area contributed by atoms with Crippen LogP contribution in [0.25, 0.3) is 10.9 Å². The number of anilines is 1. The predicted octanol–water partition coefficient (Wildman–Crippen LogP) is 3.83. The highest BCUT2D eigenvalue weighted by Gasteiger charge is 2.24. The lowest BCUT2D eigenvalue weighted by Crippen LogP contribution is -2.35. The highest BCUT2D eigenvalue weighted by molar-refractivity contribution is 7.93. The maximum Gasteiger partial charge on any atom is 0.289 e. The standard InChI is InChI=1S/C23H19N3O4S/c27-23(20-6-3-13-30-20)26-12-10-16-8-9-19(14-18(16)15-26)25-31(28,29)21-7-1-4-17-5-2-11-24-22(17)21/h1-9,11,13-14,25H,10,12,15H2. The number of furan rings is 1. The summed E-state index contributed by atoms with van der Waals surface area (Å²) in [5, 5.41) is 0.753. The van der Waals surface area contributed by atoms with E-state index in [0.717, 1.165) is 16.5 Å². The van der Waals surface area contributed by atoms with Gasteiger partial charge in [-0.1, -0.05) is 24.3 Å². The van der Waals surface area contributed by atoms with Gasteiger partial charge in [-0.2, -0.15) is 0 Å². The van der Waals surface area contributed by atoms with E-state index in [0.29, 0.717) is 36.5 Å². The predicted molar refractivity (Wildman–Crippen MR) is 116 cm³/mol. The van der Waals surface area contributed by atoms with Gasteiger partial charge in [-0.15, -0.1) is 0 Å². The third-order valence-corrected chi connectivity index (χ3v) is 6.79. The van der Waals surface area contributed by atoms with Crippen molar-refractivity contribution >= 4 is 32.5 Å². The van der Waals surface area contributed by atoms with Gasteiger partial charge in [0.05, 0.1) is 11.8 Å². The average Bonchev–Trinajstić information content (AvgIpc) is 3.32. The Balaban J connectivity index is 1.42. The maximum absolute atomic E-state index is 13.1. The minimum atomic E-state index is -3.84. The maximum atomic E-state index is 13.1. The Morgan fingerprint density at radius 1 is 1.03 bits per heavy atom. The number of benzene rings is 2. The lowest BCUT2D eigenvalue weighted by Gasteiger charge is -2.28.